The first-order chi connectivity index (χ1) is 8.78. The van der Waals surface area contributed by atoms with E-state index in [9.17, 15) is 4.79 Å². The highest BCUT2D eigenvalue weighted by Gasteiger charge is 2.20. The van der Waals surface area contributed by atoms with Crippen LogP contribution < -0.4 is 5.32 Å². The van der Waals surface area contributed by atoms with Gasteiger partial charge in [-0.05, 0) is 36.8 Å². The largest absolute Gasteiger partial charge is 0.396 e. The van der Waals surface area contributed by atoms with Gasteiger partial charge in [-0.25, -0.2) is 0 Å². The molecule has 1 amide bonds. The summed E-state index contributed by atoms with van der Waals surface area (Å²) in [6.07, 6.45) is 2.15. The Hall–Kier alpha value is -0.910. The van der Waals surface area contributed by atoms with Crippen molar-refractivity contribution in [1.29, 1.82) is 0 Å². The monoisotopic (exact) mass is 268 g/mol. The molecule has 18 heavy (non-hydrogen) atoms. The molecule has 4 nitrogen and oxygen atoms in total. The molecule has 1 fully saturated rings. The maximum atomic E-state index is 11.8. The molecule has 0 aliphatic carbocycles. The summed E-state index contributed by atoms with van der Waals surface area (Å²) in [6, 6.07) is 4.01. The number of rotatable bonds is 5. The molecule has 1 aromatic heterocycles. The molecule has 0 spiro atoms. The third-order valence-corrected chi connectivity index (χ3v) is 4.14. The van der Waals surface area contributed by atoms with Crippen LogP contribution in [0.4, 0.5) is 0 Å². The van der Waals surface area contributed by atoms with Crippen LogP contribution in [0.1, 0.15) is 17.7 Å². The fourth-order valence-corrected chi connectivity index (χ4v) is 2.95. The number of nitrogens with zero attached hydrogens (tertiary/aromatic N) is 1. The van der Waals surface area contributed by atoms with Crippen molar-refractivity contribution < 1.29 is 9.90 Å². The number of aliphatic hydroxyl groups excluding tert-OH is 1. The Morgan fingerprint density at radius 1 is 1.61 bits per heavy atom. The maximum Gasteiger partial charge on any atom is 0.234 e. The fourth-order valence-electron chi connectivity index (χ4n) is 2.30. The van der Waals surface area contributed by atoms with Crippen molar-refractivity contribution in [2.24, 2.45) is 5.92 Å². The summed E-state index contributed by atoms with van der Waals surface area (Å²) in [5, 5.41) is 14.1. The average Bonchev–Trinajstić information content (AvgIpc) is 2.90. The summed E-state index contributed by atoms with van der Waals surface area (Å²) < 4.78 is 0. The standard InChI is InChI=1S/C13H20N2O2S/c16-10-11-3-1-5-15(8-11)9-13(17)14-7-12-4-2-6-18-12/h2,4,6,11,16H,1,3,5,7-10H2,(H,14,17). The first-order valence-corrected chi connectivity index (χ1v) is 7.28. The van der Waals surface area contributed by atoms with Gasteiger partial charge in [0.25, 0.3) is 0 Å². The van der Waals surface area contributed by atoms with Gasteiger partial charge in [0.1, 0.15) is 0 Å². The van der Waals surface area contributed by atoms with Gasteiger partial charge in [0, 0.05) is 18.0 Å². The van der Waals surface area contributed by atoms with Crippen molar-refractivity contribution in [2.45, 2.75) is 19.4 Å². The summed E-state index contributed by atoms with van der Waals surface area (Å²) in [5.74, 6) is 0.408. The molecule has 0 radical (unpaired) electrons. The SMILES string of the molecule is O=C(CN1CCCC(CO)C1)NCc1cccs1. The molecule has 1 atom stereocenters. The van der Waals surface area contributed by atoms with Crippen LogP contribution in [0.2, 0.25) is 0 Å². The van der Waals surface area contributed by atoms with Gasteiger partial charge in [-0.15, -0.1) is 11.3 Å². The highest BCUT2D eigenvalue weighted by atomic mass is 32.1. The Balaban J connectivity index is 1.70. The average molecular weight is 268 g/mol. The molecular formula is C13H20N2O2S. The number of carbonyl (C=O) groups excluding carboxylic acids is 1. The van der Waals surface area contributed by atoms with Crippen molar-refractivity contribution in [3.8, 4) is 0 Å². The van der Waals surface area contributed by atoms with Gasteiger partial charge in [-0.2, -0.15) is 0 Å². The Kier molecular flexibility index (Phi) is 5.16. The minimum atomic E-state index is 0.0713. The summed E-state index contributed by atoms with van der Waals surface area (Å²) in [6.45, 7) is 3.09. The second kappa shape index (κ2) is 6.87. The van der Waals surface area contributed by atoms with Crippen molar-refractivity contribution in [1.82, 2.24) is 10.2 Å². The number of piperidine rings is 1. The van der Waals surface area contributed by atoms with Crippen molar-refractivity contribution in [3.05, 3.63) is 22.4 Å². The molecule has 2 N–H and O–H groups in total. The number of thiophene rings is 1. The van der Waals surface area contributed by atoms with E-state index in [1.165, 1.54) is 4.88 Å². The molecule has 1 aliphatic heterocycles. The lowest BCUT2D eigenvalue weighted by Gasteiger charge is -2.31. The van der Waals surface area contributed by atoms with Gasteiger partial charge in [0.2, 0.25) is 5.91 Å². The number of likely N-dealkylation sites (tertiary alicyclic amines) is 1. The molecule has 0 saturated carbocycles. The Bertz CT molecular complexity index is 367. The Labute approximate surface area is 112 Å². The van der Waals surface area contributed by atoms with E-state index in [4.69, 9.17) is 5.11 Å². The zero-order valence-corrected chi connectivity index (χ0v) is 11.3. The number of hydrogen-bond acceptors (Lipinski definition) is 4. The van der Waals surface area contributed by atoms with Crippen LogP contribution >= 0.6 is 11.3 Å². The van der Waals surface area contributed by atoms with Gasteiger partial charge in [0.05, 0.1) is 13.1 Å². The molecule has 0 aromatic carbocycles. The lowest BCUT2D eigenvalue weighted by molar-refractivity contribution is -0.122. The van der Waals surface area contributed by atoms with Crippen molar-refractivity contribution in [3.63, 3.8) is 0 Å². The summed E-state index contributed by atoms with van der Waals surface area (Å²) in [7, 11) is 0. The van der Waals surface area contributed by atoms with Crippen molar-refractivity contribution in [2.75, 3.05) is 26.2 Å². The molecule has 1 aromatic rings. The van der Waals surface area contributed by atoms with Gasteiger partial charge in [0.15, 0.2) is 0 Å². The highest BCUT2D eigenvalue weighted by molar-refractivity contribution is 7.09. The molecule has 1 aliphatic rings. The molecule has 1 saturated heterocycles. The molecule has 1 unspecified atom stereocenters. The van der Waals surface area contributed by atoms with Crippen LogP contribution in [0.3, 0.4) is 0 Å². The molecule has 0 bridgehead atoms. The minimum Gasteiger partial charge on any atom is -0.396 e. The van der Waals surface area contributed by atoms with E-state index in [2.05, 4.69) is 10.2 Å². The number of aliphatic hydroxyl groups is 1. The van der Waals surface area contributed by atoms with Crippen LogP contribution in [-0.2, 0) is 11.3 Å². The van der Waals surface area contributed by atoms with E-state index in [1.807, 2.05) is 17.5 Å². The van der Waals surface area contributed by atoms with Gasteiger partial charge in [-0.3, -0.25) is 9.69 Å². The molecule has 100 valence electrons. The van der Waals surface area contributed by atoms with E-state index in [0.29, 0.717) is 19.0 Å². The lowest BCUT2D eigenvalue weighted by Crippen LogP contribution is -2.43. The van der Waals surface area contributed by atoms with E-state index in [-0.39, 0.29) is 12.5 Å². The minimum absolute atomic E-state index is 0.0713. The van der Waals surface area contributed by atoms with Gasteiger partial charge < -0.3 is 10.4 Å². The molecule has 5 heteroatoms. The predicted molar refractivity (Wildman–Crippen MR) is 72.4 cm³/mol. The summed E-state index contributed by atoms with van der Waals surface area (Å²) in [4.78, 5) is 15.1. The van der Waals surface area contributed by atoms with Crippen LogP contribution in [0.15, 0.2) is 17.5 Å². The van der Waals surface area contributed by atoms with Crippen LogP contribution in [0.5, 0.6) is 0 Å². The molecule has 2 heterocycles. The second-order valence-corrected chi connectivity index (χ2v) is 5.81. The van der Waals surface area contributed by atoms with Gasteiger partial charge in [-0.1, -0.05) is 6.07 Å². The molecule has 2 rings (SSSR count). The van der Waals surface area contributed by atoms with E-state index in [1.54, 1.807) is 11.3 Å². The fraction of sp³-hybridized carbons (Fsp3) is 0.615. The van der Waals surface area contributed by atoms with E-state index in [0.717, 1.165) is 25.9 Å². The Morgan fingerprint density at radius 2 is 2.50 bits per heavy atom. The third-order valence-electron chi connectivity index (χ3n) is 3.27. The quantitative estimate of drug-likeness (QED) is 0.840. The smallest absolute Gasteiger partial charge is 0.234 e. The zero-order valence-electron chi connectivity index (χ0n) is 10.5. The Morgan fingerprint density at radius 3 is 3.22 bits per heavy atom. The van der Waals surface area contributed by atoms with Crippen LogP contribution in [0.25, 0.3) is 0 Å². The topological polar surface area (TPSA) is 52.6 Å². The maximum absolute atomic E-state index is 11.8. The zero-order chi connectivity index (χ0) is 12.8. The normalized spacial score (nSPS) is 20.8. The van der Waals surface area contributed by atoms with Crippen LogP contribution in [-0.4, -0.2) is 42.2 Å². The number of amides is 1. The first-order valence-electron chi connectivity index (χ1n) is 6.40. The number of carbonyl (C=O) groups is 1. The second-order valence-electron chi connectivity index (χ2n) is 4.78. The predicted octanol–water partition coefficient (Wildman–Crippen LogP) is 1.07. The first kappa shape index (κ1) is 13.5. The van der Waals surface area contributed by atoms with Crippen LogP contribution in [0, 0.1) is 5.92 Å². The highest BCUT2D eigenvalue weighted by Crippen LogP contribution is 2.15. The number of nitrogens with one attached hydrogen (secondary N) is 1. The molecular weight excluding hydrogens is 248 g/mol. The van der Waals surface area contributed by atoms with Gasteiger partial charge >= 0.3 is 0 Å². The number of hydrogen-bond donors (Lipinski definition) is 2. The lowest BCUT2D eigenvalue weighted by atomic mass is 9.99. The summed E-state index contributed by atoms with van der Waals surface area (Å²) in [5.41, 5.74) is 0. The third kappa shape index (κ3) is 4.08. The van der Waals surface area contributed by atoms with E-state index >= 15 is 0 Å². The van der Waals surface area contributed by atoms with E-state index < -0.39 is 0 Å². The summed E-state index contributed by atoms with van der Waals surface area (Å²) >= 11 is 1.65. The van der Waals surface area contributed by atoms with Crippen molar-refractivity contribution >= 4 is 17.2 Å².